The van der Waals surface area contributed by atoms with E-state index in [1.165, 1.54) is 32.9 Å². The van der Waals surface area contributed by atoms with Gasteiger partial charge in [0.05, 0.1) is 44.8 Å². The number of fused-ring (bicyclic) bond motifs is 6. The summed E-state index contributed by atoms with van der Waals surface area (Å²) in [5.41, 5.74) is 13.3. The van der Waals surface area contributed by atoms with Crippen molar-refractivity contribution in [1.82, 2.24) is 29.1 Å². The zero-order chi connectivity index (χ0) is 37.0. The molecule has 0 unspecified atom stereocenters. The number of pyridine rings is 2. The van der Waals surface area contributed by atoms with Crippen LogP contribution in [0.1, 0.15) is 0 Å². The molecule has 11 aromatic rings. The van der Waals surface area contributed by atoms with E-state index < -0.39 is 0 Å². The molecule has 0 N–H and O–H groups in total. The van der Waals surface area contributed by atoms with Gasteiger partial charge in [-0.1, -0.05) is 103 Å². The summed E-state index contributed by atoms with van der Waals surface area (Å²) < 4.78 is 4.55. The minimum Gasteiger partial charge on any atom is -0.309 e. The number of hydrogen-bond donors (Lipinski definition) is 0. The van der Waals surface area contributed by atoms with Gasteiger partial charge >= 0.3 is 0 Å². The second-order valence-electron chi connectivity index (χ2n) is 14.0. The molecule has 0 fully saturated rings. The summed E-state index contributed by atoms with van der Waals surface area (Å²) in [4.78, 5) is 19.5. The van der Waals surface area contributed by atoms with Crippen molar-refractivity contribution in [3.8, 4) is 56.7 Å². The van der Waals surface area contributed by atoms with Crippen molar-refractivity contribution in [2.45, 2.75) is 0 Å². The summed E-state index contributed by atoms with van der Waals surface area (Å²) >= 11 is 0. The number of nitrogens with zero attached hydrogens (tertiary/aromatic N) is 6. The Bertz CT molecular complexity index is 3180. The monoisotopic (exact) mass is 716 g/mol. The summed E-state index contributed by atoms with van der Waals surface area (Å²) in [7, 11) is 0. The van der Waals surface area contributed by atoms with Gasteiger partial charge in [0.2, 0.25) is 5.95 Å². The Kier molecular flexibility index (Phi) is 7.38. The van der Waals surface area contributed by atoms with Gasteiger partial charge < -0.3 is 4.57 Å². The summed E-state index contributed by atoms with van der Waals surface area (Å²) in [5.74, 6) is 0.568. The predicted octanol–water partition coefficient (Wildman–Crippen LogP) is 12.1. The Morgan fingerprint density at radius 3 is 1.41 bits per heavy atom. The highest BCUT2D eigenvalue weighted by Crippen LogP contribution is 2.39. The van der Waals surface area contributed by atoms with E-state index in [4.69, 9.17) is 9.97 Å². The minimum absolute atomic E-state index is 0.568. The van der Waals surface area contributed by atoms with Crippen LogP contribution in [-0.2, 0) is 0 Å². The molecule has 11 rings (SSSR count). The molecular formula is C50H32N6. The molecule has 0 saturated heterocycles. The molecule has 0 saturated carbocycles. The maximum atomic E-state index is 5.12. The molecule has 0 spiro atoms. The predicted molar refractivity (Wildman–Crippen MR) is 228 cm³/mol. The maximum Gasteiger partial charge on any atom is 0.235 e. The average molecular weight is 717 g/mol. The van der Waals surface area contributed by atoms with Gasteiger partial charge in [-0.05, 0) is 101 Å². The van der Waals surface area contributed by atoms with Gasteiger partial charge in [0.15, 0.2) is 0 Å². The van der Waals surface area contributed by atoms with Gasteiger partial charge in [-0.2, -0.15) is 0 Å². The summed E-state index contributed by atoms with van der Waals surface area (Å²) in [6.07, 6.45) is 3.58. The standard InChI is InChI=1S/C50H32N6/c1-2-13-33(14-3-1)34-15-12-16-37(29-34)55-46-21-6-4-17-38(46)40-30-35(23-25-48(40)55)36-24-26-49-41(31-36)39-18-5-7-22-47(39)56(49)50-53-44(42-19-8-10-27-51-42)32-45(54-50)43-20-9-11-28-52-43/h1-32H. The number of benzene rings is 6. The van der Waals surface area contributed by atoms with Crippen LogP contribution in [-0.4, -0.2) is 29.1 Å². The highest BCUT2D eigenvalue weighted by atomic mass is 15.2. The van der Waals surface area contributed by atoms with E-state index in [0.717, 1.165) is 61.4 Å². The normalized spacial score (nSPS) is 11.6. The van der Waals surface area contributed by atoms with E-state index >= 15 is 0 Å². The topological polar surface area (TPSA) is 61.4 Å². The highest BCUT2D eigenvalue weighted by Gasteiger charge is 2.19. The third kappa shape index (κ3) is 5.27. The van der Waals surface area contributed by atoms with Gasteiger partial charge in [-0.15, -0.1) is 0 Å². The van der Waals surface area contributed by atoms with Crippen LogP contribution in [0.2, 0.25) is 0 Å². The molecule has 5 aromatic heterocycles. The van der Waals surface area contributed by atoms with Crippen LogP contribution in [0.3, 0.4) is 0 Å². The fourth-order valence-electron chi connectivity index (χ4n) is 8.08. The van der Waals surface area contributed by atoms with Crippen molar-refractivity contribution < 1.29 is 0 Å². The molecular weight excluding hydrogens is 685 g/mol. The molecule has 0 amide bonds. The second-order valence-corrected chi connectivity index (χ2v) is 14.0. The van der Waals surface area contributed by atoms with Crippen molar-refractivity contribution in [2.75, 3.05) is 0 Å². The van der Waals surface area contributed by atoms with Crippen LogP contribution in [0.5, 0.6) is 0 Å². The Morgan fingerprint density at radius 2 is 0.804 bits per heavy atom. The number of aromatic nitrogens is 6. The maximum absolute atomic E-state index is 5.12. The fourth-order valence-corrected chi connectivity index (χ4v) is 8.08. The minimum atomic E-state index is 0.568. The van der Waals surface area contributed by atoms with E-state index in [9.17, 15) is 0 Å². The van der Waals surface area contributed by atoms with E-state index in [0.29, 0.717) is 5.95 Å². The summed E-state index contributed by atoms with van der Waals surface area (Å²) in [6.45, 7) is 0. The Balaban J connectivity index is 1.07. The average Bonchev–Trinajstić information content (AvgIpc) is 3.79. The largest absolute Gasteiger partial charge is 0.309 e. The summed E-state index contributed by atoms with van der Waals surface area (Å²) in [5, 5.41) is 4.70. The van der Waals surface area contributed by atoms with E-state index in [-0.39, 0.29) is 0 Å². The molecule has 0 aliphatic heterocycles. The van der Waals surface area contributed by atoms with Crippen molar-refractivity contribution in [1.29, 1.82) is 0 Å². The number of hydrogen-bond acceptors (Lipinski definition) is 4. The molecule has 6 nitrogen and oxygen atoms in total. The third-order valence-electron chi connectivity index (χ3n) is 10.7. The first-order valence-electron chi connectivity index (χ1n) is 18.7. The lowest BCUT2D eigenvalue weighted by atomic mass is 10.0. The van der Waals surface area contributed by atoms with Crippen LogP contribution < -0.4 is 0 Å². The van der Waals surface area contributed by atoms with Gasteiger partial charge in [-0.3, -0.25) is 14.5 Å². The molecule has 0 atom stereocenters. The SMILES string of the molecule is c1ccc(-c2cccc(-n3c4ccccc4c4cc(-c5ccc6c(c5)c5ccccc5n6-c5nc(-c6ccccn6)cc(-c6ccccn6)n5)ccc43)c2)cc1. The molecule has 6 aromatic carbocycles. The zero-order valence-corrected chi connectivity index (χ0v) is 30.2. The van der Waals surface area contributed by atoms with E-state index in [1.54, 1.807) is 12.4 Å². The molecule has 0 aliphatic carbocycles. The zero-order valence-electron chi connectivity index (χ0n) is 30.2. The molecule has 262 valence electrons. The molecule has 0 aliphatic rings. The first kappa shape index (κ1) is 31.8. The summed E-state index contributed by atoms with van der Waals surface area (Å²) in [6, 6.07) is 63.8. The lowest BCUT2D eigenvalue weighted by molar-refractivity contribution is 0.988. The fraction of sp³-hybridized carbons (Fsp3) is 0. The molecule has 0 bridgehead atoms. The number of rotatable bonds is 6. The van der Waals surface area contributed by atoms with Gasteiger partial charge in [-0.25, -0.2) is 9.97 Å². The Hall–Kier alpha value is -7.70. The van der Waals surface area contributed by atoms with Crippen LogP contribution in [0, 0.1) is 0 Å². The van der Waals surface area contributed by atoms with Gasteiger partial charge in [0.1, 0.15) is 0 Å². The van der Waals surface area contributed by atoms with Gasteiger partial charge in [0, 0.05) is 39.6 Å². The first-order valence-corrected chi connectivity index (χ1v) is 18.7. The smallest absolute Gasteiger partial charge is 0.235 e. The van der Waals surface area contributed by atoms with Crippen molar-refractivity contribution >= 4 is 43.6 Å². The number of para-hydroxylation sites is 2. The lowest BCUT2D eigenvalue weighted by Crippen LogP contribution is -2.04. The van der Waals surface area contributed by atoms with E-state index in [2.05, 4.69) is 159 Å². The Morgan fingerprint density at radius 1 is 0.304 bits per heavy atom. The second kappa shape index (κ2) is 13.0. The van der Waals surface area contributed by atoms with Crippen molar-refractivity contribution in [3.63, 3.8) is 0 Å². The van der Waals surface area contributed by atoms with Crippen molar-refractivity contribution in [3.05, 3.63) is 194 Å². The van der Waals surface area contributed by atoms with Gasteiger partial charge in [0.25, 0.3) is 0 Å². The quantitative estimate of drug-likeness (QED) is 0.172. The van der Waals surface area contributed by atoms with Crippen molar-refractivity contribution in [2.24, 2.45) is 0 Å². The molecule has 0 radical (unpaired) electrons. The molecule has 5 heterocycles. The molecule has 56 heavy (non-hydrogen) atoms. The van der Waals surface area contributed by atoms with Crippen LogP contribution >= 0.6 is 0 Å². The van der Waals surface area contributed by atoms with Crippen LogP contribution in [0.25, 0.3) is 100 Å². The third-order valence-corrected chi connectivity index (χ3v) is 10.7. The molecule has 6 heteroatoms. The van der Waals surface area contributed by atoms with E-state index in [1.807, 2.05) is 42.5 Å². The van der Waals surface area contributed by atoms with Crippen LogP contribution in [0.15, 0.2) is 194 Å². The van der Waals surface area contributed by atoms with Crippen LogP contribution in [0.4, 0.5) is 0 Å². The highest BCUT2D eigenvalue weighted by molar-refractivity contribution is 6.12. The lowest BCUT2D eigenvalue weighted by Gasteiger charge is -2.11. The Labute approximate surface area is 322 Å². The first-order chi connectivity index (χ1) is 27.8.